The molecule has 1 aromatic heterocycles. The number of aryl methyl sites for hydroxylation is 1. The first-order valence-corrected chi connectivity index (χ1v) is 10.6. The molecule has 2 amide bonds. The maximum absolute atomic E-state index is 13.2. The number of thiophene rings is 1. The van der Waals surface area contributed by atoms with Crippen molar-refractivity contribution in [2.24, 2.45) is 0 Å². The molecule has 0 saturated heterocycles. The molecule has 1 N–H and O–H groups in total. The van der Waals surface area contributed by atoms with Crippen molar-refractivity contribution in [2.45, 2.75) is 19.8 Å². The summed E-state index contributed by atoms with van der Waals surface area (Å²) in [6.45, 7) is 2.46. The zero-order chi connectivity index (χ0) is 20.2. The largest absolute Gasteiger partial charge is 0.350 e. The zero-order valence-corrected chi connectivity index (χ0v) is 17.0. The Labute approximate surface area is 174 Å². The van der Waals surface area contributed by atoms with Crippen LogP contribution in [0.25, 0.3) is 5.57 Å². The van der Waals surface area contributed by atoms with Crippen molar-refractivity contribution in [3.05, 3.63) is 93.8 Å². The molecule has 146 valence electrons. The monoisotopic (exact) mass is 402 g/mol. The van der Waals surface area contributed by atoms with E-state index < -0.39 is 0 Å². The van der Waals surface area contributed by atoms with E-state index in [1.54, 1.807) is 0 Å². The molecule has 0 fully saturated rings. The smallest absolute Gasteiger partial charge is 0.278 e. The maximum Gasteiger partial charge on any atom is 0.278 e. The van der Waals surface area contributed by atoms with Crippen molar-refractivity contribution in [1.29, 1.82) is 0 Å². The van der Waals surface area contributed by atoms with Gasteiger partial charge in [-0.2, -0.15) is 0 Å². The minimum Gasteiger partial charge on any atom is -0.350 e. The Bertz CT molecular complexity index is 1040. The number of imide groups is 1. The van der Waals surface area contributed by atoms with Crippen LogP contribution < -0.4 is 5.32 Å². The molecule has 4 rings (SSSR count). The first kappa shape index (κ1) is 19.2. The van der Waals surface area contributed by atoms with Crippen LogP contribution in [0.4, 0.5) is 5.69 Å². The van der Waals surface area contributed by atoms with E-state index in [-0.39, 0.29) is 11.8 Å². The van der Waals surface area contributed by atoms with E-state index in [1.807, 2.05) is 72.1 Å². The summed E-state index contributed by atoms with van der Waals surface area (Å²) in [7, 11) is 0. The third-order valence-corrected chi connectivity index (χ3v) is 5.92. The van der Waals surface area contributed by atoms with Gasteiger partial charge in [-0.05, 0) is 47.5 Å². The number of hydrogen-bond acceptors (Lipinski definition) is 4. The molecule has 4 nitrogen and oxygen atoms in total. The molecule has 0 atom stereocenters. The molecule has 2 aromatic carbocycles. The average Bonchev–Trinajstić information content (AvgIpc) is 3.35. The molecule has 0 aliphatic carbocycles. The second-order valence-corrected chi connectivity index (χ2v) is 7.85. The summed E-state index contributed by atoms with van der Waals surface area (Å²) in [6.07, 6.45) is 1.59. The lowest BCUT2D eigenvalue weighted by molar-refractivity contribution is -0.136. The molecule has 29 heavy (non-hydrogen) atoms. The topological polar surface area (TPSA) is 49.4 Å². The number of benzene rings is 2. The number of amides is 2. The van der Waals surface area contributed by atoms with Crippen LogP contribution in [0.2, 0.25) is 0 Å². The number of rotatable bonds is 7. The Kier molecular flexibility index (Phi) is 5.58. The molecular weight excluding hydrogens is 380 g/mol. The highest BCUT2D eigenvalue weighted by Crippen LogP contribution is 2.33. The van der Waals surface area contributed by atoms with Gasteiger partial charge in [0.05, 0.1) is 5.57 Å². The summed E-state index contributed by atoms with van der Waals surface area (Å²) in [4.78, 5) is 28.5. The van der Waals surface area contributed by atoms with Gasteiger partial charge in [0, 0.05) is 17.1 Å². The Morgan fingerprint density at radius 1 is 0.862 bits per heavy atom. The van der Waals surface area contributed by atoms with Crippen LogP contribution in [0.3, 0.4) is 0 Å². The van der Waals surface area contributed by atoms with Crippen molar-refractivity contribution in [2.75, 3.05) is 11.9 Å². The summed E-state index contributed by atoms with van der Waals surface area (Å²) in [5, 5.41) is 5.13. The van der Waals surface area contributed by atoms with E-state index in [4.69, 9.17) is 0 Å². The van der Waals surface area contributed by atoms with Crippen LogP contribution in [-0.4, -0.2) is 23.3 Å². The fourth-order valence-electron chi connectivity index (χ4n) is 3.40. The minimum absolute atomic E-state index is 0.235. The quantitative estimate of drug-likeness (QED) is 0.581. The van der Waals surface area contributed by atoms with E-state index in [0.29, 0.717) is 24.2 Å². The molecule has 0 unspecified atom stereocenters. The second-order valence-electron chi connectivity index (χ2n) is 6.90. The number of nitrogens with zero attached hydrogens (tertiary/aromatic N) is 1. The molecule has 2 heterocycles. The van der Waals surface area contributed by atoms with Crippen molar-refractivity contribution in [3.63, 3.8) is 0 Å². The number of nitrogens with one attached hydrogen (secondary N) is 1. The Morgan fingerprint density at radius 2 is 1.62 bits per heavy atom. The molecule has 5 heteroatoms. The van der Waals surface area contributed by atoms with Gasteiger partial charge in [-0.25, -0.2) is 0 Å². The lowest BCUT2D eigenvalue weighted by atomic mass is 10.1. The Hall–Kier alpha value is -3.18. The highest BCUT2D eigenvalue weighted by atomic mass is 32.1. The van der Waals surface area contributed by atoms with Gasteiger partial charge in [0.2, 0.25) is 0 Å². The molecular formula is C24H22N2O2S. The van der Waals surface area contributed by atoms with Crippen LogP contribution in [0.5, 0.6) is 0 Å². The average molecular weight is 403 g/mol. The first-order valence-electron chi connectivity index (χ1n) is 9.71. The van der Waals surface area contributed by atoms with Gasteiger partial charge in [0.15, 0.2) is 0 Å². The highest BCUT2D eigenvalue weighted by molar-refractivity contribution is 7.11. The predicted octanol–water partition coefficient (Wildman–Crippen LogP) is 4.75. The molecule has 0 spiro atoms. The lowest BCUT2D eigenvalue weighted by Gasteiger charge is -2.15. The van der Waals surface area contributed by atoms with E-state index in [1.165, 1.54) is 21.8 Å². The summed E-state index contributed by atoms with van der Waals surface area (Å²) < 4.78 is 0. The van der Waals surface area contributed by atoms with Crippen molar-refractivity contribution < 1.29 is 9.59 Å². The van der Waals surface area contributed by atoms with Crippen LogP contribution in [0.15, 0.2) is 77.8 Å². The lowest BCUT2D eigenvalue weighted by Crippen LogP contribution is -2.34. The third-order valence-electron chi connectivity index (χ3n) is 5.03. The van der Waals surface area contributed by atoms with Crippen LogP contribution >= 0.6 is 11.3 Å². The molecule has 3 aromatic rings. The number of carbonyl (C=O) groups excluding carboxylic acids is 2. The molecule has 1 aliphatic heterocycles. The van der Waals surface area contributed by atoms with E-state index in [0.717, 1.165) is 22.5 Å². The zero-order valence-electron chi connectivity index (χ0n) is 16.2. The van der Waals surface area contributed by atoms with Crippen molar-refractivity contribution >= 4 is 34.4 Å². The van der Waals surface area contributed by atoms with Gasteiger partial charge in [-0.15, -0.1) is 11.3 Å². The van der Waals surface area contributed by atoms with Gasteiger partial charge in [0.25, 0.3) is 11.8 Å². The number of carbonyl (C=O) groups is 2. The Morgan fingerprint density at radius 3 is 2.28 bits per heavy atom. The summed E-state index contributed by atoms with van der Waals surface area (Å²) in [6, 6.07) is 21.6. The SMILES string of the molecule is CCc1ccc(NC2=C(c3cccs3)C(=O)N(CCc3ccccc3)C2=O)cc1. The van der Waals surface area contributed by atoms with Crippen molar-refractivity contribution in [1.82, 2.24) is 4.90 Å². The number of anilines is 1. The number of hydrogen-bond donors (Lipinski definition) is 1. The van der Waals surface area contributed by atoms with Crippen LogP contribution in [-0.2, 0) is 22.4 Å². The minimum atomic E-state index is -0.270. The molecule has 0 saturated carbocycles. The van der Waals surface area contributed by atoms with Gasteiger partial charge in [-0.1, -0.05) is 55.5 Å². The third kappa shape index (κ3) is 4.00. The predicted molar refractivity (Wildman–Crippen MR) is 118 cm³/mol. The van der Waals surface area contributed by atoms with Gasteiger partial charge >= 0.3 is 0 Å². The fourth-order valence-corrected chi connectivity index (χ4v) is 4.17. The summed E-state index contributed by atoms with van der Waals surface area (Å²) in [5.41, 5.74) is 3.94. The van der Waals surface area contributed by atoms with Crippen LogP contribution in [0.1, 0.15) is 22.9 Å². The van der Waals surface area contributed by atoms with E-state index in [9.17, 15) is 9.59 Å². The summed E-state index contributed by atoms with van der Waals surface area (Å²) in [5.74, 6) is -0.505. The normalized spacial score (nSPS) is 14.0. The van der Waals surface area contributed by atoms with E-state index in [2.05, 4.69) is 12.2 Å². The maximum atomic E-state index is 13.2. The van der Waals surface area contributed by atoms with Gasteiger partial charge in [0.1, 0.15) is 5.70 Å². The molecule has 0 bridgehead atoms. The standard InChI is InChI=1S/C24H22N2O2S/c1-2-17-10-12-19(13-11-17)25-22-21(20-9-6-16-29-20)23(27)26(24(22)28)15-14-18-7-4-3-5-8-18/h3-13,16,25H,2,14-15H2,1H3. The second kappa shape index (κ2) is 8.45. The fraction of sp³-hybridized carbons (Fsp3) is 0.167. The summed E-state index contributed by atoms with van der Waals surface area (Å²) >= 11 is 1.47. The molecule has 1 aliphatic rings. The molecule has 0 radical (unpaired) electrons. The van der Waals surface area contributed by atoms with E-state index >= 15 is 0 Å². The van der Waals surface area contributed by atoms with Gasteiger partial charge < -0.3 is 5.32 Å². The Balaban J connectivity index is 1.61. The highest BCUT2D eigenvalue weighted by Gasteiger charge is 2.39. The first-order chi connectivity index (χ1) is 14.2. The van der Waals surface area contributed by atoms with Crippen molar-refractivity contribution in [3.8, 4) is 0 Å². The van der Waals surface area contributed by atoms with Crippen LogP contribution in [0, 0.1) is 0 Å². The van der Waals surface area contributed by atoms with Gasteiger partial charge in [-0.3, -0.25) is 14.5 Å².